The monoisotopic (exact) mass is 624 g/mol. The first-order chi connectivity index (χ1) is 20.3. The smallest absolute Gasteiger partial charge is 0.407 e. The third-order valence-electron chi connectivity index (χ3n) is 6.75. The summed E-state index contributed by atoms with van der Waals surface area (Å²) in [5.74, 6) is 1.05. The number of benzene rings is 2. The van der Waals surface area contributed by atoms with E-state index in [4.69, 9.17) is 32.7 Å². The van der Waals surface area contributed by atoms with Gasteiger partial charge in [0, 0.05) is 43.3 Å². The fourth-order valence-corrected chi connectivity index (χ4v) is 4.85. The Morgan fingerprint density at radius 1 is 1.12 bits per heavy atom. The molecule has 43 heavy (non-hydrogen) atoms. The van der Waals surface area contributed by atoms with E-state index in [-0.39, 0.29) is 13.2 Å². The van der Waals surface area contributed by atoms with E-state index in [1.54, 1.807) is 55.7 Å². The molecule has 1 unspecified atom stereocenters. The van der Waals surface area contributed by atoms with E-state index in [9.17, 15) is 20.0 Å². The Bertz CT molecular complexity index is 1710. The van der Waals surface area contributed by atoms with Crippen LogP contribution in [0.3, 0.4) is 0 Å². The lowest BCUT2D eigenvalue weighted by molar-refractivity contribution is 0.0969. The number of carbonyl (C=O) groups is 2. The molecule has 0 aliphatic carbocycles. The van der Waals surface area contributed by atoms with Crippen molar-refractivity contribution in [1.82, 2.24) is 24.6 Å². The van der Waals surface area contributed by atoms with Crippen LogP contribution in [0, 0.1) is 16.7 Å². The molecular formula is C30H30Cl2N6O5. The van der Waals surface area contributed by atoms with Crippen LogP contribution in [0.25, 0.3) is 11.0 Å². The van der Waals surface area contributed by atoms with Gasteiger partial charge in [0.2, 0.25) is 0 Å². The maximum Gasteiger partial charge on any atom is 0.407 e. The first-order valence-corrected chi connectivity index (χ1v) is 13.9. The van der Waals surface area contributed by atoms with Gasteiger partial charge in [-0.25, -0.2) is 14.6 Å². The Morgan fingerprint density at radius 3 is 2.53 bits per heavy atom. The number of ether oxygens (including phenoxy) is 2. The number of pyridine rings is 1. The average molecular weight is 626 g/mol. The van der Waals surface area contributed by atoms with Gasteiger partial charge in [-0.05, 0) is 47.9 Å². The molecule has 1 atom stereocenters. The van der Waals surface area contributed by atoms with Gasteiger partial charge in [0.25, 0.3) is 0 Å². The van der Waals surface area contributed by atoms with E-state index in [1.165, 1.54) is 22.7 Å². The molecule has 0 saturated heterocycles. The molecule has 0 radical (unpaired) electrons. The molecule has 2 aromatic carbocycles. The topological polar surface area (TPSA) is 134 Å². The van der Waals surface area contributed by atoms with Gasteiger partial charge in [0.15, 0.2) is 5.65 Å². The number of carbonyl (C=O) groups excluding carboxylic acids is 1. The zero-order valence-corrected chi connectivity index (χ0v) is 25.7. The highest BCUT2D eigenvalue weighted by Crippen LogP contribution is 2.35. The number of fused-ring (bicyclic) bond motifs is 1. The Balaban J connectivity index is 1.58. The molecule has 2 amide bonds. The Hall–Kier alpha value is -4.53. The molecule has 0 fully saturated rings. The van der Waals surface area contributed by atoms with Crippen LogP contribution in [-0.2, 0) is 6.61 Å². The Kier molecular flexibility index (Phi) is 9.33. The molecule has 2 aromatic heterocycles. The summed E-state index contributed by atoms with van der Waals surface area (Å²) in [6.45, 7) is 5.92. The van der Waals surface area contributed by atoms with Crippen LogP contribution >= 0.6 is 23.2 Å². The Morgan fingerprint density at radius 2 is 1.86 bits per heavy atom. The van der Waals surface area contributed by atoms with E-state index < -0.39 is 23.6 Å². The number of likely N-dealkylation sites (N-methyl/N-ethyl adjacent to an activating group) is 2. The van der Waals surface area contributed by atoms with Crippen LogP contribution in [-0.4, -0.2) is 68.5 Å². The molecule has 0 aliphatic heterocycles. The number of nitrogens with zero attached hydrogens (tertiary/aromatic N) is 6. The number of halogens is 2. The van der Waals surface area contributed by atoms with Crippen molar-refractivity contribution in [1.29, 1.82) is 5.26 Å². The molecule has 1 N–H and O–H groups in total. The fourth-order valence-electron chi connectivity index (χ4n) is 4.47. The van der Waals surface area contributed by atoms with Crippen molar-refractivity contribution in [2.45, 2.75) is 33.4 Å². The van der Waals surface area contributed by atoms with Crippen molar-refractivity contribution in [2.24, 2.45) is 5.41 Å². The number of rotatable bonds is 8. The van der Waals surface area contributed by atoms with Crippen LogP contribution in [0.15, 0.2) is 54.7 Å². The summed E-state index contributed by atoms with van der Waals surface area (Å²) in [6, 6.07) is 14.1. The number of carboxylic acid groups (broad SMARTS) is 1. The lowest BCUT2D eigenvalue weighted by Gasteiger charge is -2.39. The normalized spacial score (nSPS) is 12.0. The summed E-state index contributed by atoms with van der Waals surface area (Å²) in [7, 11) is 3.08. The average Bonchev–Trinajstić information content (AvgIpc) is 3.33. The second-order valence-corrected chi connectivity index (χ2v) is 11.8. The molecule has 4 aromatic rings. The minimum Gasteiger partial charge on any atom is -0.487 e. The van der Waals surface area contributed by atoms with Gasteiger partial charge in [0.1, 0.15) is 29.5 Å². The van der Waals surface area contributed by atoms with Crippen LogP contribution in [0.4, 0.5) is 9.59 Å². The zero-order chi connectivity index (χ0) is 31.5. The summed E-state index contributed by atoms with van der Waals surface area (Å²) in [5.41, 5.74) is 0.703. The predicted octanol–water partition coefficient (Wildman–Crippen LogP) is 6.91. The third-order valence-corrected chi connectivity index (χ3v) is 7.28. The first-order valence-electron chi connectivity index (χ1n) is 13.1. The number of amides is 2. The number of nitriles is 1. The molecular weight excluding hydrogens is 595 g/mol. The van der Waals surface area contributed by atoms with Gasteiger partial charge in [0.05, 0.1) is 22.7 Å². The highest BCUT2D eigenvalue weighted by atomic mass is 35.5. The van der Waals surface area contributed by atoms with E-state index >= 15 is 0 Å². The molecule has 4 rings (SSSR count). The molecule has 0 saturated carbocycles. The Labute approximate surface area is 258 Å². The maximum absolute atomic E-state index is 13.7. The molecule has 0 bridgehead atoms. The highest BCUT2D eigenvalue weighted by Gasteiger charge is 2.35. The third kappa shape index (κ3) is 7.28. The van der Waals surface area contributed by atoms with Crippen molar-refractivity contribution in [3.05, 3.63) is 76.0 Å². The molecule has 2 heterocycles. The van der Waals surface area contributed by atoms with Gasteiger partial charge in [-0.2, -0.15) is 15.0 Å². The molecule has 0 aliphatic rings. The fraction of sp³-hybridized carbons (Fsp3) is 0.300. The second kappa shape index (κ2) is 12.8. The van der Waals surface area contributed by atoms with Crippen LogP contribution in [0.1, 0.15) is 32.0 Å². The second-order valence-electron chi connectivity index (χ2n) is 10.9. The quantitative estimate of drug-likeness (QED) is 0.223. The van der Waals surface area contributed by atoms with E-state index in [1.807, 2.05) is 26.8 Å². The van der Waals surface area contributed by atoms with Gasteiger partial charge in [-0.3, -0.25) is 0 Å². The van der Waals surface area contributed by atoms with Gasteiger partial charge in [-0.15, -0.1) is 0 Å². The minimum absolute atomic E-state index is 0.00649. The summed E-state index contributed by atoms with van der Waals surface area (Å²) in [6.07, 6.45) is 0.477. The van der Waals surface area contributed by atoms with Crippen molar-refractivity contribution >= 4 is 46.4 Å². The number of hydrogen-bond acceptors (Lipinski definition) is 7. The standard InChI is InChI=1S/C30H30Cl2N6O5/c1-30(2,3)26(16-36(4)29(40)41)37(5)28(39)38-27-22(7-6-10-34-27)24(35-38)17-42-20-8-9-23(32)25(14-20)43-21-12-18(15-33)11-19(31)13-21/h6-14,26H,16-17H2,1-5H3,(H,40,41). The van der Waals surface area contributed by atoms with Crippen molar-refractivity contribution < 1.29 is 24.2 Å². The van der Waals surface area contributed by atoms with Gasteiger partial charge >= 0.3 is 12.1 Å². The summed E-state index contributed by atoms with van der Waals surface area (Å²) >= 11 is 12.4. The molecule has 11 nitrogen and oxygen atoms in total. The summed E-state index contributed by atoms with van der Waals surface area (Å²) in [5, 5.41) is 24.5. The largest absolute Gasteiger partial charge is 0.487 e. The van der Waals surface area contributed by atoms with Gasteiger partial charge < -0.3 is 24.4 Å². The predicted molar refractivity (Wildman–Crippen MR) is 162 cm³/mol. The van der Waals surface area contributed by atoms with Crippen molar-refractivity contribution in [3.63, 3.8) is 0 Å². The summed E-state index contributed by atoms with van der Waals surface area (Å²) < 4.78 is 13.1. The van der Waals surface area contributed by atoms with Crippen LogP contribution in [0.5, 0.6) is 17.2 Å². The number of hydrogen-bond donors (Lipinski definition) is 1. The number of aromatic nitrogens is 3. The molecule has 0 spiro atoms. The lowest BCUT2D eigenvalue weighted by Crippen LogP contribution is -2.52. The zero-order valence-electron chi connectivity index (χ0n) is 24.2. The van der Waals surface area contributed by atoms with Gasteiger partial charge in [-0.1, -0.05) is 44.0 Å². The summed E-state index contributed by atoms with van der Waals surface area (Å²) in [4.78, 5) is 32.3. The SMILES string of the molecule is CN(CC(N(C)C(=O)n1nc(COc2ccc(Cl)c(Oc3cc(Cl)cc(C#N)c3)c2)c2cccnc21)C(C)(C)C)C(=O)O. The van der Waals surface area contributed by atoms with E-state index in [2.05, 4.69) is 10.1 Å². The lowest BCUT2D eigenvalue weighted by atomic mass is 9.85. The highest BCUT2D eigenvalue weighted by molar-refractivity contribution is 6.32. The first kappa shape index (κ1) is 31.4. The molecule has 224 valence electrons. The molecule has 13 heteroatoms. The van der Waals surface area contributed by atoms with Crippen LogP contribution in [0.2, 0.25) is 10.0 Å². The minimum atomic E-state index is -1.09. The van der Waals surface area contributed by atoms with Crippen molar-refractivity contribution in [2.75, 3.05) is 20.6 Å². The van der Waals surface area contributed by atoms with Crippen molar-refractivity contribution in [3.8, 4) is 23.3 Å². The maximum atomic E-state index is 13.7. The van der Waals surface area contributed by atoms with E-state index in [0.717, 1.165) is 4.90 Å². The van der Waals surface area contributed by atoms with E-state index in [0.29, 0.717) is 49.6 Å². The van der Waals surface area contributed by atoms with Crippen LogP contribution < -0.4 is 9.47 Å².